The molecule has 0 unspecified atom stereocenters. The Labute approximate surface area is 122 Å². The van der Waals surface area contributed by atoms with Crippen LogP contribution in [0.4, 0.5) is 0 Å². The van der Waals surface area contributed by atoms with Crippen molar-refractivity contribution in [1.82, 2.24) is 4.98 Å². The molecule has 5 heteroatoms. The van der Waals surface area contributed by atoms with Gasteiger partial charge in [0.2, 0.25) is 12.5 Å². The maximum atomic E-state index is 9.32. The number of pyridine rings is 1. The van der Waals surface area contributed by atoms with E-state index in [0.29, 0.717) is 28.5 Å². The number of methoxy groups -OCH3 is 1. The summed E-state index contributed by atoms with van der Waals surface area (Å²) in [5.41, 5.74) is 1.88. The summed E-state index contributed by atoms with van der Waals surface area (Å²) in [5.74, 6) is 1.78. The van der Waals surface area contributed by atoms with E-state index in [9.17, 15) is 5.26 Å². The average molecular weight is 280 g/mol. The SMILES string of the molecule is COc1cc(C=C(C#N)c2ccccn2)cc2c1OCO2. The van der Waals surface area contributed by atoms with E-state index in [4.69, 9.17) is 14.2 Å². The molecule has 0 saturated carbocycles. The minimum atomic E-state index is 0.171. The summed E-state index contributed by atoms with van der Waals surface area (Å²) in [6.07, 6.45) is 3.40. The number of ether oxygens (including phenoxy) is 3. The number of benzene rings is 1. The Balaban J connectivity index is 2.05. The molecule has 0 N–H and O–H groups in total. The van der Waals surface area contributed by atoms with Crippen molar-refractivity contribution in [2.24, 2.45) is 0 Å². The lowest BCUT2D eigenvalue weighted by Gasteiger charge is -2.06. The zero-order valence-corrected chi connectivity index (χ0v) is 11.4. The van der Waals surface area contributed by atoms with E-state index >= 15 is 0 Å². The number of hydrogen-bond donors (Lipinski definition) is 0. The second-order valence-electron chi connectivity index (χ2n) is 4.34. The number of hydrogen-bond acceptors (Lipinski definition) is 5. The number of allylic oxidation sites excluding steroid dienone is 1. The maximum Gasteiger partial charge on any atom is 0.231 e. The molecule has 0 bridgehead atoms. The highest BCUT2D eigenvalue weighted by Crippen LogP contribution is 2.42. The van der Waals surface area contributed by atoms with Crippen molar-refractivity contribution in [2.45, 2.75) is 0 Å². The second kappa shape index (κ2) is 5.55. The molecular formula is C16H12N2O3. The Bertz CT molecular complexity index is 733. The molecule has 0 atom stereocenters. The first-order chi connectivity index (χ1) is 10.3. The normalized spacial score (nSPS) is 12.9. The molecule has 2 heterocycles. The molecule has 1 aromatic heterocycles. The van der Waals surface area contributed by atoms with Gasteiger partial charge in [0, 0.05) is 6.20 Å². The first-order valence-corrected chi connectivity index (χ1v) is 6.32. The highest BCUT2D eigenvalue weighted by Gasteiger charge is 2.19. The van der Waals surface area contributed by atoms with Gasteiger partial charge < -0.3 is 14.2 Å². The van der Waals surface area contributed by atoms with Crippen LogP contribution in [0.25, 0.3) is 11.6 Å². The fourth-order valence-electron chi connectivity index (χ4n) is 2.09. The predicted octanol–water partition coefficient (Wildman–Crippen LogP) is 2.88. The summed E-state index contributed by atoms with van der Waals surface area (Å²) in [5, 5.41) is 9.32. The smallest absolute Gasteiger partial charge is 0.231 e. The lowest BCUT2D eigenvalue weighted by atomic mass is 10.1. The number of nitriles is 1. The van der Waals surface area contributed by atoms with Crippen molar-refractivity contribution in [3.63, 3.8) is 0 Å². The predicted molar refractivity (Wildman–Crippen MR) is 76.8 cm³/mol. The van der Waals surface area contributed by atoms with Crippen LogP contribution in [0.3, 0.4) is 0 Å². The van der Waals surface area contributed by atoms with Crippen molar-refractivity contribution in [3.8, 4) is 23.3 Å². The van der Waals surface area contributed by atoms with E-state index in [2.05, 4.69) is 11.1 Å². The topological polar surface area (TPSA) is 64.4 Å². The third-order valence-electron chi connectivity index (χ3n) is 3.05. The zero-order valence-electron chi connectivity index (χ0n) is 11.4. The fraction of sp³-hybridized carbons (Fsp3) is 0.125. The van der Waals surface area contributed by atoms with E-state index in [0.717, 1.165) is 5.56 Å². The third kappa shape index (κ3) is 2.51. The summed E-state index contributed by atoms with van der Waals surface area (Å²) in [6, 6.07) is 11.2. The fourth-order valence-corrected chi connectivity index (χ4v) is 2.09. The molecule has 0 spiro atoms. The van der Waals surface area contributed by atoms with Crippen molar-refractivity contribution >= 4 is 11.6 Å². The van der Waals surface area contributed by atoms with Gasteiger partial charge in [-0.25, -0.2) is 0 Å². The molecule has 3 rings (SSSR count). The number of aromatic nitrogens is 1. The third-order valence-corrected chi connectivity index (χ3v) is 3.05. The van der Waals surface area contributed by atoms with Gasteiger partial charge in [-0.15, -0.1) is 0 Å². The number of rotatable bonds is 3. The van der Waals surface area contributed by atoms with Gasteiger partial charge in [-0.05, 0) is 35.9 Å². The lowest BCUT2D eigenvalue weighted by molar-refractivity contribution is 0.171. The van der Waals surface area contributed by atoms with E-state index < -0.39 is 0 Å². The summed E-state index contributed by atoms with van der Waals surface area (Å²) in [4.78, 5) is 4.18. The minimum Gasteiger partial charge on any atom is -0.493 e. The van der Waals surface area contributed by atoms with E-state index in [-0.39, 0.29) is 6.79 Å². The molecule has 104 valence electrons. The largest absolute Gasteiger partial charge is 0.493 e. The molecule has 0 fully saturated rings. The van der Waals surface area contributed by atoms with Gasteiger partial charge >= 0.3 is 0 Å². The average Bonchev–Trinajstić information content (AvgIpc) is 3.01. The molecule has 0 aliphatic carbocycles. The molecule has 0 saturated heterocycles. The molecule has 2 aromatic rings. The van der Waals surface area contributed by atoms with Gasteiger partial charge in [0.15, 0.2) is 11.5 Å². The van der Waals surface area contributed by atoms with Crippen LogP contribution in [0.15, 0.2) is 36.5 Å². The van der Waals surface area contributed by atoms with Gasteiger partial charge in [0.05, 0.1) is 18.4 Å². The van der Waals surface area contributed by atoms with E-state index in [1.165, 1.54) is 0 Å². The van der Waals surface area contributed by atoms with Crippen LogP contribution in [-0.2, 0) is 0 Å². The molecule has 1 aliphatic heterocycles. The van der Waals surface area contributed by atoms with Gasteiger partial charge in [0.25, 0.3) is 0 Å². The highest BCUT2D eigenvalue weighted by atomic mass is 16.7. The molecule has 1 aliphatic rings. The number of nitrogens with zero attached hydrogens (tertiary/aromatic N) is 2. The Kier molecular flexibility index (Phi) is 3.44. The molecule has 1 aromatic carbocycles. The second-order valence-corrected chi connectivity index (χ2v) is 4.34. The first kappa shape index (κ1) is 13.0. The summed E-state index contributed by atoms with van der Waals surface area (Å²) in [6.45, 7) is 0.171. The van der Waals surface area contributed by atoms with Crippen molar-refractivity contribution < 1.29 is 14.2 Å². The van der Waals surface area contributed by atoms with Gasteiger partial charge in [-0.2, -0.15) is 5.26 Å². The van der Waals surface area contributed by atoms with E-state index in [1.54, 1.807) is 31.5 Å². The number of fused-ring (bicyclic) bond motifs is 1. The van der Waals surface area contributed by atoms with Crippen LogP contribution in [0.2, 0.25) is 0 Å². The van der Waals surface area contributed by atoms with Crippen LogP contribution in [-0.4, -0.2) is 18.9 Å². The zero-order chi connectivity index (χ0) is 14.7. The Morgan fingerprint density at radius 2 is 2.29 bits per heavy atom. The van der Waals surface area contributed by atoms with Crippen LogP contribution in [0, 0.1) is 11.3 Å². The molecular weight excluding hydrogens is 268 g/mol. The Hall–Kier alpha value is -3.00. The van der Waals surface area contributed by atoms with E-state index in [1.807, 2.05) is 18.2 Å². The quantitative estimate of drug-likeness (QED) is 0.809. The summed E-state index contributed by atoms with van der Waals surface area (Å²) in [7, 11) is 1.56. The summed E-state index contributed by atoms with van der Waals surface area (Å²) >= 11 is 0. The first-order valence-electron chi connectivity index (χ1n) is 6.32. The molecule has 0 radical (unpaired) electrons. The van der Waals surface area contributed by atoms with Gasteiger partial charge in [-0.3, -0.25) is 4.98 Å². The minimum absolute atomic E-state index is 0.171. The Morgan fingerprint density at radius 3 is 3.00 bits per heavy atom. The van der Waals surface area contributed by atoms with Crippen LogP contribution in [0.5, 0.6) is 17.2 Å². The standard InChI is InChI=1S/C16H12N2O3/c1-19-14-7-11(8-15-16(14)21-10-20-15)6-12(9-17)13-4-2-3-5-18-13/h2-8H,10H2,1H3. The van der Waals surface area contributed by atoms with Crippen LogP contribution >= 0.6 is 0 Å². The molecule has 5 nitrogen and oxygen atoms in total. The summed E-state index contributed by atoms with van der Waals surface area (Å²) < 4.78 is 16.0. The maximum absolute atomic E-state index is 9.32. The van der Waals surface area contributed by atoms with Crippen LogP contribution in [0.1, 0.15) is 11.3 Å². The van der Waals surface area contributed by atoms with Crippen molar-refractivity contribution in [3.05, 3.63) is 47.8 Å². The Morgan fingerprint density at radius 1 is 1.38 bits per heavy atom. The van der Waals surface area contributed by atoms with Crippen molar-refractivity contribution in [1.29, 1.82) is 5.26 Å². The highest BCUT2D eigenvalue weighted by molar-refractivity contribution is 5.88. The van der Waals surface area contributed by atoms with Crippen molar-refractivity contribution in [2.75, 3.05) is 13.9 Å². The van der Waals surface area contributed by atoms with Gasteiger partial charge in [-0.1, -0.05) is 6.07 Å². The lowest BCUT2D eigenvalue weighted by Crippen LogP contribution is -1.93. The molecule has 0 amide bonds. The van der Waals surface area contributed by atoms with Gasteiger partial charge in [0.1, 0.15) is 6.07 Å². The monoisotopic (exact) mass is 280 g/mol. The van der Waals surface area contributed by atoms with Crippen LogP contribution < -0.4 is 14.2 Å². The molecule has 21 heavy (non-hydrogen) atoms.